The maximum absolute atomic E-state index is 8.92. The molecule has 0 saturated carbocycles. The van der Waals surface area contributed by atoms with Crippen molar-refractivity contribution in [1.29, 1.82) is 5.26 Å². The first-order chi connectivity index (χ1) is 8.85. The van der Waals surface area contributed by atoms with Crippen LogP contribution < -0.4 is 4.74 Å². The molecule has 0 aliphatic carbocycles. The number of halogens is 1. The first-order valence-corrected chi connectivity index (χ1v) is 7.04. The lowest BCUT2D eigenvalue weighted by molar-refractivity contribution is 0.294. The second-order valence-corrected chi connectivity index (χ2v) is 6.05. The van der Waals surface area contributed by atoms with E-state index in [0.717, 1.165) is 41.2 Å². The summed E-state index contributed by atoms with van der Waals surface area (Å²) >= 11 is 6.11. The maximum Gasteiger partial charge on any atom is 0.119 e. The Hall–Kier alpha value is -1.20. The van der Waals surface area contributed by atoms with E-state index < -0.39 is 0 Å². The van der Waals surface area contributed by atoms with Crippen LogP contribution in [0.2, 0.25) is 5.02 Å². The fraction of sp³-hybridized carbons (Fsp3) is 0.562. The number of nitrogens with zero attached hydrogens (tertiary/aromatic N) is 1. The van der Waals surface area contributed by atoms with E-state index in [1.54, 1.807) is 0 Å². The van der Waals surface area contributed by atoms with Crippen molar-refractivity contribution in [2.24, 2.45) is 5.41 Å². The fourth-order valence-corrected chi connectivity index (χ4v) is 2.01. The summed E-state index contributed by atoms with van der Waals surface area (Å²) < 4.78 is 5.73. The summed E-state index contributed by atoms with van der Waals surface area (Å²) in [7, 11) is 0. The van der Waals surface area contributed by atoms with Crippen LogP contribution in [0.3, 0.4) is 0 Å². The number of aryl methyl sites for hydroxylation is 2. The summed E-state index contributed by atoms with van der Waals surface area (Å²) in [5.74, 6) is 0.874. The molecule has 0 heterocycles. The minimum Gasteiger partial charge on any atom is -0.494 e. The molecule has 0 bridgehead atoms. The molecule has 0 aliphatic heterocycles. The van der Waals surface area contributed by atoms with Gasteiger partial charge in [0.15, 0.2) is 0 Å². The van der Waals surface area contributed by atoms with Crippen molar-refractivity contribution in [3.05, 3.63) is 28.3 Å². The van der Waals surface area contributed by atoms with Crippen LogP contribution in [0, 0.1) is 30.6 Å². The molecular formula is C16H22ClNO. The summed E-state index contributed by atoms with van der Waals surface area (Å²) in [6.07, 6.45) is 2.88. The SMILES string of the molecule is Cc1cc(OCCCCC(C)(C)C#N)cc(C)c1Cl. The molecule has 1 rings (SSSR count). The lowest BCUT2D eigenvalue weighted by Crippen LogP contribution is -2.08. The topological polar surface area (TPSA) is 33.0 Å². The standard InChI is InChI=1S/C16H22ClNO/c1-12-9-14(10-13(2)15(12)17)19-8-6-5-7-16(3,4)11-18/h9-10H,5-8H2,1-4H3. The normalized spacial score (nSPS) is 11.2. The van der Waals surface area contributed by atoms with E-state index in [0.29, 0.717) is 6.61 Å². The van der Waals surface area contributed by atoms with Gasteiger partial charge in [-0.05, 0) is 70.2 Å². The van der Waals surface area contributed by atoms with Gasteiger partial charge in [-0.1, -0.05) is 11.6 Å². The molecule has 0 spiro atoms. The van der Waals surface area contributed by atoms with E-state index in [4.69, 9.17) is 21.6 Å². The van der Waals surface area contributed by atoms with Gasteiger partial charge >= 0.3 is 0 Å². The van der Waals surface area contributed by atoms with E-state index in [1.165, 1.54) is 0 Å². The van der Waals surface area contributed by atoms with Crippen molar-refractivity contribution in [2.45, 2.75) is 47.0 Å². The van der Waals surface area contributed by atoms with Gasteiger partial charge in [-0.3, -0.25) is 0 Å². The maximum atomic E-state index is 8.92. The molecule has 19 heavy (non-hydrogen) atoms. The van der Waals surface area contributed by atoms with Gasteiger partial charge < -0.3 is 4.74 Å². The number of hydrogen-bond donors (Lipinski definition) is 0. The molecule has 0 N–H and O–H groups in total. The second kappa shape index (κ2) is 6.82. The lowest BCUT2D eigenvalue weighted by atomic mass is 9.89. The van der Waals surface area contributed by atoms with Gasteiger partial charge in [0.05, 0.1) is 18.1 Å². The Morgan fingerprint density at radius 3 is 2.32 bits per heavy atom. The fourth-order valence-electron chi connectivity index (χ4n) is 1.90. The van der Waals surface area contributed by atoms with Crippen molar-refractivity contribution >= 4 is 11.6 Å². The van der Waals surface area contributed by atoms with Crippen LogP contribution in [0.15, 0.2) is 12.1 Å². The number of hydrogen-bond acceptors (Lipinski definition) is 2. The van der Waals surface area contributed by atoms with E-state index >= 15 is 0 Å². The Kier molecular flexibility index (Phi) is 5.69. The first kappa shape index (κ1) is 15.9. The van der Waals surface area contributed by atoms with Crippen LogP contribution in [-0.2, 0) is 0 Å². The molecule has 0 fully saturated rings. The van der Waals surface area contributed by atoms with Crippen LogP contribution >= 0.6 is 11.6 Å². The van der Waals surface area contributed by atoms with Gasteiger partial charge in [-0.15, -0.1) is 0 Å². The summed E-state index contributed by atoms with van der Waals surface area (Å²) in [5.41, 5.74) is 1.86. The third-order valence-electron chi connectivity index (χ3n) is 3.18. The van der Waals surface area contributed by atoms with Crippen LogP contribution in [0.5, 0.6) is 5.75 Å². The van der Waals surface area contributed by atoms with Gasteiger partial charge in [0.1, 0.15) is 5.75 Å². The minimum atomic E-state index is -0.229. The molecule has 0 atom stereocenters. The smallest absolute Gasteiger partial charge is 0.119 e. The molecule has 104 valence electrons. The average Bonchev–Trinajstić information content (AvgIpc) is 2.35. The molecule has 2 nitrogen and oxygen atoms in total. The zero-order valence-corrected chi connectivity index (χ0v) is 13.0. The highest BCUT2D eigenvalue weighted by Gasteiger charge is 2.15. The second-order valence-electron chi connectivity index (χ2n) is 5.67. The predicted molar refractivity (Wildman–Crippen MR) is 79.7 cm³/mol. The number of ether oxygens (including phenoxy) is 1. The quantitative estimate of drug-likeness (QED) is 0.682. The van der Waals surface area contributed by atoms with Crippen LogP contribution in [0.25, 0.3) is 0 Å². The predicted octanol–water partition coefficient (Wildman–Crippen LogP) is 5.06. The molecule has 0 amide bonds. The molecule has 0 unspecified atom stereocenters. The molecule has 3 heteroatoms. The van der Waals surface area contributed by atoms with Gasteiger partial charge in [0.25, 0.3) is 0 Å². The summed E-state index contributed by atoms with van der Waals surface area (Å²) in [6, 6.07) is 6.25. The van der Waals surface area contributed by atoms with Gasteiger partial charge in [0.2, 0.25) is 0 Å². The van der Waals surface area contributed by atoms with Crippen molar-refractivity contribution in [3.63, 3.8) is 0 Å². The zero-order chi connectivity index (χ0) is 14.5. The molecule has 0 aliphatic rings. The van der Waals surface area contributed by atoms with Crippen molar-refractivity contribution < 1.29 is 4.74 Å². The lowest BCUT2D eigenvalue weighted by Gasteiger charge is -2.14. The molecule has 0 saturated heterocycles. The summed E-state index contributed by atoms with van der Waals surface area (Å²) in [4.78, 5) is 0. The number of benzene rings is 1. The zero-order valence-electron chi connectivity index (χ0n) is 12.2. The Morgan fingerprint density at radius 2 is 1.79 bits per heavy atom. The highest BCUT2D eigenvalue weighted by atomic mass is 35.5. The van der Waals surface area contributed by atoms with Crippen molar-refractivity contribution in [3.8, 4) is 11.8 Å². The Labute approximate surface area is 121 Å². The van der Waals surface area contributed by atoms with Crippen LogP contribution in [-0.4, -0.2) is 6.61 Å². The van der Waals surface area contributed by atoms with E-state index in [9.17, 15) is 0 Å². The first-order valence-electron chi connectivity index (χ1n) is 6.66. The monoisotopic (exact) mass is 279 g/mol. The van der Waals surface area contributed by atoms with Crippen molar-refractivity contribution in [1.82, 2.24) is 0 Å². The van der Waals surface area contributed by atoms with Crippen molar-refractivity contribution in [2.75, 3.05) is 6.61 Å². The number of rotatable bonds is 6. The summed E-state index contributed by atoms with van der Waals surface area (Å²) in [5, 5.41) is 9.73. The Balaban J connectivity index is 2.37. The van der Waals surface area contributed by atoms with Crippen LogP contribution in [0.1, 0.15) is 44.2 Å². The van der Waals surface area contributed by atoms with E-state index in [2.05, 4.69) is 6.07 Å². The highest BCUT2D eigenvalue weighted by molar-refractivity contribution is 6.32. The van der Waals surface area contributed by atoms with Gasteiger partial charge in [0, 0.05) is 5.02 Å². The molecule has 0 aromatic heterocycles. The molecule has 1 aromatic carbocycles. The molecule has 1 aromatic rings. The third kappa shape index (κ3) is 5.12. The Morgan fingerprint density at radius 1 is 1.21 bits per heavy atom. The Bertz CT molecular complexity index is 451. The van der Waals surface area contributed by atoms with Crippen LogP contribution in [0.4, 0.5) is 0 Å². The third-order valence-corrected chi connectivity index (χ3v) is 3.77. The number of unbranched alkanes of at least 4 members (excludes halogenated alkanes) is 1. The summed E-state index contributed by atoms with van der Waals surface area (Å²) in [6.45, 7) is 8.59. The van der Waals surface area contributed by atoms with Gasteiger partial charge in [-0.2, -0.15) is 5.26 Å². The highest BCUT2D eigenvalue weighted by Crippen LogP contribution is 2.26. The van der Waals surface area contributed by atoms with Gasteiger partial charge in [-0.25, -0.2) is 0 Å². The largest absolute Gasteiger partial charge is 0.494 e. The minimum absolute atomic E-state index is 0.229. The molecule has 0 radical (unpaired) electrons. The molecular weight excluding hydrogens is 258 g/mol. The van der Waals surface area contributed by atoms with E-state index in [-0.39, 0.29) is 5.41 Å². The average molecular weight is 280 g/mol. The van der Waals surface area contributed by atoms with E-state index in [1.807, 2.05) is 39.8 Å². The number of nitriles is 1.